The first kappa shape index (κ1) is 20.4. The molecule has 0 amide bonds. The first-order valence-corrected chi connectivity index (χ1v) is 8.84. The molecule has 0 spiro atoms. The van der Waals surface area contributed by atoms with Crippen LogP contribution in [0.4, 0.5) is 4.39 Å². The Morgan fingerprint density at radius 3 is 2.20 bits per heavy atom. The van der Waals surface area contributed by atoms with E-state index in [0.29, 0.717) is 23.2 Å². The van der Waals surface area contributed by atoms with Crippen molar-refractivity contribution in [1.29, 1.82) is 0 Å². The lowest BCUT2D eigenvalue weighted by atomic mass is 9.72. The third-order valence-corrected chi connectivity index (χ3v) is 5.34. The highest BCUT2D eigenvalue weighted by Gasteiger charge is 2.52. The minimum absolute atomic E-state index is 0.263. The van der Waals surface area contributed by atoms with Crippen molar-refractivity contribution in [2.45, 2.75) is 71.9 Å². The van der Waals surface area contributed by atoms with Crippen molar-refractivity contribution in [3.63, 3.8) is 0 Å². The lowest BCUT2D eigenvalue weighted by Crippen LogP contribution is -2.41. The minimum Gasteiger partial charge on any atom is -0.399 e. The monoisotopic (exact) mass is 352 g/mol. The van der Waals surface area contributed by atoms with E-state index in [0.717, 1.165) is 0 Å². The van der Waals surface area contributed by atoms with Crippen LogP contribution in [0.1, 0.15) is 58.6 Å². The molecule has 1 aliphatic heterocycles. The van der Waals surface area contributed by atoms with Gasteiger partial charge in [0, 0.05) is 19.6 Å². The highest BCUT2D eigenvalue weighted by molar-refractivity contribution is 6.62. The standard InChI is InChI=1S/C19H30BFO4/c1-9-23-17(22-8)13(3)15-14(11-10-12(2)16(15)21)20-24-18(4,5)19(6,7)25-20/h10-11,13,17H,9H2,1-8H3. The van der Waals surface area contributed by atoms with Crippen LogP contribution >= 0.6 is 0 Å². The van der Waals surface area contributed by atoms with Crippen molar-refractivity contribution in [3.8, 4) is 0 Å². The summed E-state index contributed by atoms with van der Waals surface area (Å²) in [7, 11) is 0.940. The lowest BCUT2D eigenvalue weighted by Gasteiger charge is -2.32. The average molecular weight is 352 g/mol. The number of halogens is 1. The van der Waals surface area contributed by atoms with Crippen molar-refractivity contribution >= 4 is 12.6 Å². The van der Waals surface area contributed by atoms with E-state index in [-0.39, 0.29) is 11.7 Å². The van der Waals surface area contributed by atoms with E-state index in [1.807, 2.05) is 47.6 Å². The van der Waals surface area contributed by atoms with Crippen LogP contribution in [0.5, 0.6) is 0 Å². The summed E-state index contributed by atoms with van der Waals surface area (Å²) in [6.07, 6.45) is -0.539. The highest BCUT2D eigenvalue weighted by Crippen LogP contribution is 2.37. The molecule has 6 heteroatoms. The number of rotatable bonds is 6. The van der Waals surface area contributed by atoms with E-state index < -0.39 is 24.6 Å². The molecule has 25 heavy (non-hydrogen) atoms. The predicted molar refractivity (Wildman–Crippen MR) is 97.7 cm³/mol. The van der Waals surface area contributed by atoms with E-state index in [2.05, 4.69) is 0 Å². The number of benzene rings is 1. The Morgan fingerprint density at radius 1 is 1.16 bits per heavy atom. The predicted octanol–water partition coefficient (Wildman–Crippen LogP) is 3.55. The van der Waals surface area contributed by atoms with Gasteiger partial charge in [-0.05, 0) is 58.1 Å². The van der Waals surface area contributed by atoms with Crippen LogP contribution < -0.4 is 5.46 Å². The first-order chi connectivity index (χ1) is 11.6. The van der Waals surface area contributed by atoms with Gasteiger partial charge in [-0.1, -0.05) is 19.1 Å². The number of ether oxygens (including phenoxy) is 2. The zero-order valence-corrected chi connectivity index (χ0v) is 16.6. The molecule has 1 aromatic carbocycles. The molecule has 0 bridgehead atoms. The summed E-state index contributed by atoms with van der Waals surface area (Å²) in [6, 6.07) is 3.64. The Hall–Kier alpha value is -0.945. The second-order valence-corrected chi connectivity index (χ2v) is 7.64. The van der Waals surface area contributed by atoms with Crippen LogP contribution in [0.15, 0.2) is 12.1 Å². The van der Waals surface area contributed by atoms with Crippen LogP contribution in [0.3, 0.4) is 0 Å². The van der Waals surface area contributed by atoms with Gasteiger partial charge in [-0.15, -0.1) is 0 Å². The largest absolute Gasteiger partial charge is 0.495 e. The number of aryl methyl sites for hydroxylation is 1. The van der Waals surface area contributed by atoms with E-state index in [4.69, 9.17) is 18.8 Å². The topological polar surface area (TPSA) is 36.9 Å². The van der Waals surface area contributed by atoms with Gasteiger partial charge in [0.25, 0.3) is 0 Å². The summed E-state index contributed by atoms with van der Waals surface area (Å²) in [5.41, 5.74) is 0.823. The molecular formula is C19H30BFO4. The number of hydrogen-bond acceptors (Lipinski definition) is 4. The summed E-state index contributed by atoms with van der Waals surface area (Å²) >= 11 is 0. The summed E-state index contributed by atoms with van der Waals surface area (Å²) in [4.78, 5) is 0. The molecule has 0 aromatic heterocycles. The molecule has 0 radical (unpaired) electrons. The van der Waals surface area contributed by atoms with Crippen LogP contribution in [-0.4, -0.2) is 38.3 Å². The average Bonchev–Trinajstić information content (AvgIpc) is 2.74. The maximum atomic E-state index is 15.1. The van der Waals surface area contributed by atoms with Gasteiger partial charge in [-0.25, -0.2) is 4.39 Å². The van der Waals surface area contributed by atoms with E-state index in [1.165, 1.54) is 0 Å². The Morgan fingerprint density at radius 2 is 1.72 bits per heavy atom. The second-order valence-electron chi connectivity index (χ2n) is 7.64. The van der Waals surface area contributed by atoms with Crippen LogP contribution in [0.2, 0.25) is 0 Å². The molecule has 1 aliphatic rings. The van der Waals surface area contributed by atoms with Gasteiger partial charge in [0.2, 0.25) is 0 Å². The normalized spacial score (nSPS) is 21.4. The molecule has 140 valence electrons. The van der Waals surface area contributed by atoms with Crippen molar-refractivity contribution in [2.75, 3.05) is 13.7 Å². The number of methoxy groups -OCH3 is 1. The zero-order valence-electron chi connectivity index (χ0n) is 16.6. The summed E-state index contributed by atoms with van der Waals surface area (Å²) in [5.74, 6) is -0.569. The van der Waals surface area contributed by atoms with Crippen LogP contribution in [-0.2, 0) is 18.8 Å². The molecule has 1 fully saturated rings. The first-order valence-electron chi connectivity index (χ1n) is 8.84. The lowest BCUT2D eigenvalue weighted by molar-refractivity contribution is -0.132. The molecule has 2 atom stereocenters. The fraction of sp³-hybridized carbons (Fsp3) is 0.684. The highest BCUT2D eigenvalue weighted by atomic mass is 19.1. The Kier molecular flexibility index (Phi) is 5.99. The molecule has 1 aromatic rings. The summed E-state index contributed by atoms with van der Waals surface area (Å²) in [6.45, 7) is 14.0. The quantitative estimate of drug-likeness (QED) is 0.580. The van der Waals surface area contributed by atoms with Crippen LogP contribution in [0.25, 0.3) is 0 Å². The Bertz CT molecular complexity index is 602. The number of hydrogen-bond donors (Lipinski definition) is 0. The Balaban J connectivity index is 2.49. The third kappa shape index (κ3) is 3.77. The zero-order chi connectivity index (χ0) is 19.0. The van der Waals surface area contributed by atoms with Gasteiger partial charge in [-0.2, -0.15) is 0 Å². The maximum absolute atomic E-state index is 15.1. The molecule has 1 saturated heterocycles. The summed E-state index contributed by atoms with van der Waals surface area (Å²) in [5, 5.41) is 0. The molecule has 2 unspecified atom stereocenters. The summed E-state index contributed by atoms with van der Waals surface area (Å²) < 4.78 is 38.4. The van der Waals surface area contributed by atoms with Crippen molar-refractivity contribution in [3.05, 3.63) is 29.1 Å². The molecule has 0 aliphatic carbocycles. The SMILES string of the molecule is CCOC(OC)C(C)c1c(B2OC(C)(C)C(C)(C)O2)ccc(C)c1F. The van der Waals surface area contributed by atoms with Crippen molar-refractivity contribution < 1.29 is 23.2 Å². The fourth-order valence-corrected chi connectivity index (χ4v) is 3.07. The third-order valence-electron chi connectivity index (χ3n) is 5.34. The molecule has 4 nitrogen and oxygen atoms in total. The molecule has 0 saturated carbocycles. The van der Waals surface area contributed by atoms with E-state index >= 15 is 4.39 Å². The van der Waals surface area contributed by atoms with Crippen molar-refractivity contribution in [1.82, 2.24) is 0 Å². The van der Waals surface area contributed by atoms with E-state index in [1.54, 1.807) is 20.1 Å². The Labute approximate surface area is 151 Å². The van der Waals surface area contributed by atoms with Gasteiger partial charge in [0.05, 0.1) is 11.2 Å². The molecule has 2 rings (SSSR count). The molecule has 1 heterocycles. The maximum Gasteiger partial charge on any atom is 0.495 e. The minimum atomic E-state index is -0.628. The van der Waals surface area contributed by atoms with Crippen LogP contribution in [0, 0.1) is 12.7 Å². The van der Waals surface area contributed by atoms with Gasteiger partial charge >= 0.3 is 7.12 Å². The van der Waals surface area contributed by atoms with Gasteiger partial charge in [0.15, 0.2) is 6.29 Å². The van der Waals surface area contributed by atoms with Gasteiger partial charge in [-0.3, -0.25) is 0 Å². The second kappa shape index (κ2) is 7.35. The smallest absolute Gasteiger partial charge is 0.399 e. The molecular weight excluding hydrogens is 322 g/mol. The van der Waals surface area contributed by atoms with Gasteiger partial charge < -0.3 is 18.8 Å². The molecule has 0 N–H and O–H groups in total. The van der Waals surface area contributed by atoms with E-state index in [9.17, 15) is 0 Å². The fourth-order valence-electron chi connectivity index (χ4n) is 3.07. The van der Waals surface area contributed by atoms with Crippen molar-refractivity contribution in [2.24, 2.45) is 0 Å². The van der Waals surface area contributed by atoms with Gasteiger partial charge in [0.1, 0.15) is 5.82 Å².